The molecule has 1 aliphatic rings. The van der Waals surface area contributed by atoms with E-state index in [4.69, 9.17) is 4.52 Å². The molecule has 0 radical (unpaired) electrons. The monoisotopic (exact) mass is 477 g/mol. The summed E-state index contributed by atoms with van der Waals surface area (Å²) >= 11 is 0. The number of halogens is 5. The summed E-state index contributed by atoms with van der Waals surface area (Å²) in [6, 6.07) is 5.01. The third kappa shape index (κ3) is 3.84. The predicted octanol–water partition coefficient (Wildman–Crippen LogP) is 5.06. The van der Waals surface area contributed by atoms with Gasteiger partial charge in [-0.2, -0.15) is 13.2 Å². The van der Waals surface area contributed by atoms with Crippen molar-refractivity contribution >= 4 is 28.3 Å². The minimum absolute atomic E-state index is 0.0653. The molecular weight excluding hydrogens is 461 g/mol. The van der Waals surface area contributed by atoms with Gasteiger partial charge in [-0.05, 0) is 24.6 Å². The van der Waals surface area contributed by atoms with Crippen LogP contribution in [0.5, 0.6) is 0 Å². The fourth-order valence-corrected chi connectivity index (χ4v) is 3.82. The number of fused-ring (bicyclic) bond motifs is 1. The number of pyridine rings is 1. The number of nitrogens with one attached hydrogen (secondary N) is 2. The number of aryl methyl sites for hydroxylation is 1. The second-order valence-corrected chi connectivity index (χ2v) is 8.05. The highest BCUT2D eigenvalue weighted by Crippen LogP contribution is 2.37. The van der Waals surface area contributed by atoms with Gasteiger partial charge in [0.15, 0.2) is 23.1 Å². The van der Waals surface area contributed by atoms with E-state index in [9.17, 15) is 26.7 Å². The molecule has 0 unspecified atom stereocenters. The lowest BCUT2D eigenvalue weighted by Crippen LogP contribution is -2.53. The number of carbonyl (C=O) groups excluding carboxylic acids is 1. The second-order valence-electron chi connectivity index (χ2n) is 8.05. The Morgan fingerprint density at radius 2 is 1.91 bits per heavy atom. The first kappa shape index (κ1) is 21.9. The molecule has 0 atom stereocenters. The molecule has 1 fully saturated rings. The summed E-state index contributed by atoms with van der Waals surface area (Å²) in [5.41, 5.74) is 1.61. The zero-order chi connectivity index (χ0) is 24.2. The molecule has 0 aliphatic carbocycles. The van der Waals surface area contributed by atoms with Gasteiger partial charge in [-0.3, -0.25) is 4.79 Å². The Morgan fingerprint density at radius 1 is 1.18 bits per heavy atom. The van der Waals surface area contributed by atoms with E-state index in [0.717, 1.165) is 12.1 Å². The SMILES string of the molecule is Cc1cc(-c2cc(C(=O)Nc3c[nH]c4cc(F)c(F)cc34)no2)cnc1N1CC(C(F)(F)F)C1. The van der Waals surface area contributed by atoms with Crippen molar-refractivity contribution in [3.05, 3.63) is 59.6 Å². The quantitative estimate of drug-likeness (QED) is 0.402. The van der Waals surface area contributed by atoms with Crippen molar-refractivity contribution in [2.45, 2.75) is 13.1 Å². The minimum atomic E-state index is -4.22. The Labute approximate surface area is 188 Å². The number of hydrogen-bond donors (Lipinski definition) is 2. The number of aromatic amines is 1. The minimum Gasteiger partial charge on any atom is -0.359 e. The Bertz CT molecular complexity index is 1400. The van der Waals surface area contributed by atoms with Gasteiger partial charge in [-0.1, -0.05) is 5.16 Å². The fourth-order valence-electron chi connectivity index (χ4n) is 3.82. The van der Waals surface area contributed by atoms with Crippen LogP contribution in [0.15, 0.2) is 41.2 Å². The number of benzene rings is 1. The number of H-pyrrole nitrogens is 1. The number of hydrogen-bond acceptors (Lipinski definition) is 5. The largest absolute Gasteiger partial charge is 0.395 e. The van der Waals surface area contributed by atoms with E-state index in [1.165, 1.54) is 18.5 Å². The van der Waals surface area contributed by atoms with Crippen molar-refractivity contribution in [2.24, 2.45) is 5.92 Å². The van der Waals surface area contributed by atoms with Gasteiger partial charge in [0.25, 0.3) is 5.91 Å². The Balaban J connectivity index is 1.31. The van der Waals surface area contributed by atoms with Crippen LogP contribution in [0, 0.1) is 24.5 Å². The van der Waals surface area contributed by atoms with Gasteiger partial charge in [0.2, 0.25) is 0 Å². The topological polar surface area (TPSA) is 87.0 Å². The average Bonchev–Trinajstić information content (AvgIpc) is 3.36. The maximum atomic E-state index is 13.6. The molecule has 2 N–H and O–H groups in total. The van der Waals surface area contributed by atoms with E-state index < -0.39 is 29.6 Å². The third-order valence-electron chi connectivity index (χ3n) is 5.69. The summed E-state index contributed by atoms with van der Waals surface area (Å²) in [6.07, 6.45) is -1.39. The Kier molecular flexibility index (Phi) is 5.03. The van der Waals surface area contributed by atoms with Gasteiger partial charge < -0.3 is 19.7 Å². The first-order chi connectivity index (χ1) is 16.1. The van der Waals surface area contributed by atoms with Crippen LogP contribution in [0.4, 0.5) is 33.5 Å². The first-order valence-corrected chi connectivity index (χ1v) is 10.1. The summed E-state index contributed by atoms with van der Waals surface area (Å²) in [5.74, 6) is -3.39. The van der Waals surface area contributed by atoms with Gasteiger partial charge in [0.1, 0.15) is 5.82 Å². The maximum absolute atomic E-state index is 13.6. The van der Waals surface area contributed by atoms with Crippen LogP contribution in [0.3, 0.4) is 0 Å². The summed E-state index contributed by atoms with van der Waals surface area (Å²) in [6.45, 7) is 1.43. The van der Waals surface area contributed by atoms with Crippen molar-refractivity contribution in [3.63, 3.8) is 0 Å². The van der Waals surface area contributed by atoms with Crippen LogP contribution in [0.25, 0.3) is 22.2 Å². The lowest BCUT2D eigenvalue weighted by atomic mass is 9.99. The number of rotatable bonds is 4. The van der Waals surface area contributed by atoms with Crippen LogP contribution in [-0.4, -0.2) is 40.3 Å². The number of amides is 1. The summed E-state index contributed by atoms with van der Waals surface area (Å²) in [4.78, 5) is 21.1. The second kappa shape index (κ2) is 7.82. The standard InChI is InChI=1S/C22H16F5N5O2/c1-10-2-11(6-29-20(10)32-8-12(9-32)22(25,26)27)19-5-17(31-34-19)21(33)30-18-7-28-16-4-15(24)14(23)3-13(16)18/h2-7,12,28H,8-9H2,1H3,(H,30,33). The fraction of sp³-hybridized carbons (Fsp3) is 0.227. The Morgan fingerprint density at radius 3 is 2.62 bits per heavy atom. The van der Waals surface area contributed by atoms with E-state index >= 15 is 0 Å². The zero-order valence-corrected chi connectivity index (χ0v) is 17.5. The molecule has 0 bridgehead atoms. The summed E-state index contributed by atoms with van der Waals surface area (Å²) in [5, 5.41) is 6.59. The molecule has 3 aromatic heterocycles. The first-order valence-electron chi connectivity index (χ1n) is 10.1. The number of nitrogens with zero attached hydrogens (tertiary/aromatic N) is 3. The molecule has 1 saturated heterocycles. The van der Waals surface area contributed by atoms with Crippen molar-refractivity contribution in [1.29, 1.82) is 0 Å². The number of alkyl halides is 3. The molecule has 1 amide bonds. The zero-order valence-electron chi connectivity index (χ0n) is 17.5. The van der Waals surface area contributed by atoms with Crippen molar-refractivity contribution < 1.29 is 31.3 Å². The molecule has 0 spiro atoms. The van der Waals surface area contributed by atoms with Crippen LogP contribution in [-0.2, 0) is 0 Å². The van der Waals surface area contributed by atoms with E-state index in [1.807, 2.05) is 0 Å². The van der Waals surface area contributed by atoms with Crippen LogP contribution >= 0.6 is 0 Å². The van der Waals surface area contributed by atoms with E-state index in [-0.39, 0.29) is 35.6 Å². The lowest BCUT2D eigenvalue weighted by Gasteiger charge is -2.41. The van der Waals surface area contributed by atoms with Crippen molar-refractivity contribution in [3.8, 4) is 11.3 Å². The van der Waals surface area contributed by atoms with Crippen molar-refractivity contribution in [1.82, 2.24) is 15.1 Å². The molecule has 1 aliphatic heterocycles. The molecule has 1 aromatic carbocycles. The third-order valence-corrected chi connectivity index (χ3v) is 5.69. The molecule has 34 heavy (non-hydrogen) atoms. The number of aromatic nitrogens is 3. The van der Waals surface area contributed by atoms with Crippen molar-refractivity contribution in [2.75, 3.05) is 23.3 Å². The van der Waals surface area contributed by atoms with Gasteiger partial charge in [-0.25, -0.2) is 13.8 Å². The van der Waals surface area contributed by atoms with E-state index in [2.05, 4.69) is 20.4 Å². The summed E-state index contributed by atoms with van der Waals surface area (Å²) in [7, 11) is 0. The van der Waals surface area contributed by atoms with Gasteiger partial charge in [0, 0.05) is 48.6 Å². The van der Waals surface area contributed by atoms with Crippen LogP contribution in [0.2, 0.25) is 0 Å². The highest BCUT2D eigenvalue weighted by molar-refractivity contribution is 6.08. The van der Waals surface area contributed by atoms with E-state index in [1.54, 1.807) is 17.9 Å². The van der Waals surface area contributed by atoms with Gasteiger partial charge in [-0.15, -0.1) is 0 Å². The molecule has 12 heteroatoms. The molecule has 0 saturated carbocycles. The molecule has 4 aromatic rings. The smallest absolute Gasteiger partial charge is 0.359 e. The molecule has 176 valence electrons. The number of carbonyl (C=O) groups is 1. The lowest BCUT2D eigenvalue weighted by molar-refractivity contribution is -0.180. The summed E-state index contributed by atoms with van der Waals surface area (Å²) < 4.78 is 70.4. The molecule has 7 nitrogen and oxygen atoms in total. The molecular formula is C22H16F5N5O2. The normalized spacial score (nSPS) is 14.5. The maximum Gasteiger partial charge on any atom is 0.395 e. The number of anilines is 2. The van der Waals surface area contributed by atoms with Crippen LogP contribution < -0.4 is 10.2 Å². The van der Waals surface area contributed by atoms with Gasteiger partial charge >= 0.3 is 6.18 Å². The molecule has 4 heterocycles. The Hall–Kier alpha value is -3.96. The highest BCUT2D eigenvalue weighted by atomic mass is 19.4. The predicted molar refractivity (Wildman–Crippen MR) is 112 cm³/mol. The van der Waals surface area contributed by atoms with Gasteiger partial charge in [0.05, 0.1) is 17.1 Å². The molecule has 5 rings (SSSR count). The average molecular weight is 477 g/mol. The highest BCUT2D eigenvalue weighted by Gasteiger charge is 2.47. The van der Waals surface area contributed by atoms with E-state index in [0.29, 0.717) is 22.5 Å². The van der Waals surface area contributed by atoms with Crippen LogP contribution in [0.1, 0.15) is 16.1 Å².